The minimum absolute atomic E-state index is 0.179. The van der Waals surface area contributed by atoms with Crippen LogP contribution in [0, 0.1) is 0 Å². The monoisotopic (exact) mass is 539 g/mol. The Kier molecular flexibility index (Phi) is 7.64. The molecule has 2 aliphatic rings. The quantitative estimate of drug-likeness (QED) is 0.608. The van der Waals surface area contributed by atoms with Crippen LogP contribution in [0.1, 0.15) is 18.4 Å². The molecule has 0 radical (unpaired) electrons. The lowest BCUT2D eigenvalue weighted by Gasteiger charge is -2.35. The maximum absolute atomic E-state index is 13.1. The molecule has 0 spiro atoms. The standard InChI is InChI=1S/C24H28F3N5O4S/c1-37(35,36)31-15-13-30(14-16-31)19-8-10-20(11-9-19)32-12-2-3-21(22(32)33)29-23(34)28-18-6-4-17(5-7-18)24(25,26)27/h4-11,21H,2-3,12-16H2,1H3,(H2,28,29,34)/t21-/m1/s1. The molecule has 0 bridgehead atoms. The van der Waals surface area contributed by atoms with Gasteiger partial charge in [-0.2, -0.15) is 17.5 Å². The van der Waals surface area contributed by atoms with Crippen LogP contribution in [0.15, 0.2) is 48.5 Å². The van der Waals surface area contributed by atoms with Crippen molar-refractivity contribution in [3.8, 4) is 0 Å². The normalized spacial score (nSPS) is 19.6. The van der Waals surface area contributed by atoms with Crippen molar-refractivity contribution in [1.82, 2.24) is 9.62 Å². The van der Waals surface area contributed by atoms with Gasteiger partial charge in [0.1, 0.15) is 6.04 Å². The number of hydrogen-bond acceptors (Lipinski definition) is 5. The minimum atomic E-state index is -4.47. The summed E-state index contributed by atoms with van der Waals surface area (Å²) in [6, 6.07) is 10.0. The number of amides is 3. The third-order valence-electron chi connectivity index (χ3n) is 6.45. The van der Waals surface area contributed by atoms with E-state index in [0.29, 0.717) is 51.3 Å². The van der Waals surface area contributed by atoms with Crippen LogP contribution >= 0.6 is 0 Å². The number of nitrogens with one attached hydrogen (secondary N) is 2. The van der Waals surface area contributed by atoms with Gasteiger partial charge >= 0.3 is 12.2 Å². The number of hydrogen-bond donors (Lipinski definition) is 2. The van der Waals surface area contributed by atoms with E-state index in [2.05, 4.69) is 15.5 Å². The SMILES string of the molecule is CS(=O)(=O)N1CCN(c2ccc(N3CCC[C@@H](NC(=O)Nc4ccc(C(F)(F)F)cc4)C3=O)cc2)CC1. The van der Waals surface area contributed by atoms with Gasteiger partial charge in [-0.1, -0.05) is 0 Å². The molecule has 2 aromatic carbocycles. The van der Waals surface area contributed by atoms with E-state index in [1.54, 1.807) is 4.90 Å². The second kappa shape index (κ2) is 10.6. The first-order valence-electron chi connectivity index (χ1n) is 11.8. The lowest BCUT2D eigenvalue weighted by atomic mass is 10.0. The number of piperidine rings is 1. The Bertz CT molecular complexity index is 1230. The number of nitrogens with zero attached hydrogens (tertiary/aromatic N) is 3. The molecule has 2 aliphatic heterocycles. The summed E-state index contributed by atoms with van der Waals surface area (Å²) >= 11 is 0. The molecule has 4 rings (SSSR count). The second-order valence-electron chi connectivity index (χ2n) is 9.02. The molecule has 2 aromatic rings. The summed E-state index contributed by atoms with van der Waals surface area (Å²) in [5, 5.41) is 5.08. The van der Waals surface area contributed by atoms with Crippen LogP contribution in [0.4, 0.5) is 35.0 Å². The summed E-state index contributed by atoms with van der Waals surface area (Å²) in [5.74, 6) is -0.275. The molecule has 0 aliphatic carbocycles. The number of sulfonamides is 1. The highest BCUT2D eigenvalue weighted by Gasteiger charge is 2.32. The Morgan fingerprint density at radius 2 is 1.51 bits per heavy atom. The molecule has 37 heavy (non-hydrogen) atoms. The van der Waals surface area contributed by atoms with Gasteiger partial charge in [0.15, 0.2) is 0 Å². The molecule has 2 saturated heterocycles. The van der Waals surface area contributed by atoms with Gasteiger partial charge in [0.2, 0.25) is 15.9 Å². The lowest BCUT2D eigenvalue weighted by Crippen LogP contribution is -2.53. The van der Waals surface area contributed by atoms with Gasteiger partial charge in [-0.25, -0.2) is 13.2 Å². The number of rotatable bonds is 5. The van der Waals surface area contributed by atoms with E-state index in [1.807, 2.05) is 24.3 Å². The molecule has 1 atom stereocenters. The summed E-state index contributed by atoms with van der Waals surface area (Å²) < 4.78 is 63.0. The molecule has 200 valence electrons. The van der Waals surface area contributed by atoms with Crippen molar-refractivity contribution in [3.05, 3.63) is 54.1 Å². The van der Waals surface area contributed by atoms with Gasteiger partial charge in [0, 0.05) is 49.8 Å². The molecule has 2 heterocycles. The van der Waals surface area contributed by atoms with E-state index < -0.39 is 33.8 Å². The fourth-order valence-corrected chi connectivity index (χ4v) is 5.28. The molecule has 2 N–H and O–H groups in total. The highest BCUT2D eigenvalue weighted by Crippen LogP contribution is 2.30. The molecule has 9 nitrogen and oxygen atoms in total. The number of alkyl halides is 3. The van der Waals surface area contributed by atoms with Crippen LogP contribution in [0.5, 0.6) is 0 Å². The molecule has 2 fully saturated rings. The predicted molar refractivity (Wildman–Crippen MR) is 134 cm³/mol. The molecule has 0 unspecified atom stereocenters. The van der Waals surface area contributed by atoms with Gasteiger partial charge in [-0.15, -0.1) is 0 Å². The number of anilines is 3. The van der Waals surface area contributed by atoms with Gasteiger partial charge < -0.3 is 20.4 Å². The van der Waals surface area contributed by atoms with E-state index in [9.17, 15) is 31.2 Å². The fraction of sp³-hybridized carbons (Fsp3) is 0.417. The maximum atomic E-state index is 13.1. The van der Waals surface area contributed by atoms with Crippen LogP contribution in [-0.2, 0) is 21.0 Å². The van der Waals surface area contributed by atoms with Crippen molar-refractivity contribution >= 4 is 39.0 Å². The largest absolute Gasteiger partial charge is 0.416 e. The molecular weight excluding hydrogens is 511 g/mol. The van der Waals surface area contributed by atoms with Crippen LogP contribution in [-0.4, -0.2) is 69.7 Å². The van der Waals surface area contributed by atoms with Crippen molar-refractivity contribution in [1.29, 1.82) is 0 Å². The van der Waals surface area contributed by atoms with E-state index in [1.165, 1.54) is 10.6 Å². The number of halogens is 3. The van der Waals surface area contributed by atoms with Crippen LogP contribution < -0.4 is 20.4 Å². The molecule has 0 aromatic heterocycles. The number of carbonyl (C=O) groups excluding carboxylic acids is 2. The topological polar surface area (TPSA) is 102 Å². The summed E-state index contributed by atoms with van der Waals surface area (Å²) in [5.41, 5.74) is 0.961. The maximum Gasteiger partial charge on any atom is 0.416 e. The van der Waals surface area contributed by atoms with E-state index >= 15 is 0 Å². The second-order valence-corrected chi connectivity index (χ2v) is 11.0. The highest BCUT2D eigenvalue weighted by atomic mass is 32.2. The first-order chi connectivity index (χ1) is 17.4. The highest BCUT2D eigenvalue weighted by molar-refractivity contribution is 7.88. The third kappa shape index (κ3) is 6.52. The summed E-state index contributed by atoms with van der Waals surface area (Å²) in [6.07, 6.45) is -2.16. The third-order valence-corrected chi connectivity index (χ3v) is 7.75. The summed E-state index contributed by atoms with van der Waals surface area (Å²) in [7, 11) is -3.21. The number of carbonyl (C=O) groups is 2. The number of benzene rings is 2. The van der Waals surface area contributed by atoms with Crippen LogP contribution in [0.2, 0.25) is 0 Å². The van der Waals surface area contributed by atoms with Crippen molar-refractivity contribution in [2.75, 3.05) is 54.1 Å². The zero-order valence-corrected chi connectivity index (χ0v) is 21.0. The Morgan fingerprint density at radius 1 is 0.919 bits per heavy atom. The van der Waals surface area contributed by atoms with Gasteiger partial charge in [0.05, 0.1) is 11.8 Å². The lowest BCUT2D eigenvalue weighted by molar-refractivity contribution is -0.137. The summed E-state index contributed by atoms with van der Waals surface area (Å²) in [4.78, 5) is 29.1. The van der Waals surface area contributed by atoms with Crippen LogP contribution in [0.3, 0.4) is 0 Å². The Labute approximate surface area is 213 Å². The first-order valence-corrected chi connectivity index (χ1v) is 13.6. The Morgan fingerprint density at radius 3 is 2.08 bits per heavy atom. The first kappa shape index (κ1) is 26.7. The summed E-state index contributed by atoms with van der Waals surface area (Å²) in [6.45, 7) is 2.44. The Balaban J connectivity index is 1.34. The van der Waals surface area contributed by atoms with Crippen molar-refractivity contribution in [2.45, 2.75) is 25.1 Å². The van der Waals surface area contributed by atoms with E-state index in [-0.39, 0.29) is 11.6 Å². The zero-order chi connectivity index (χ0) is 26.8. The number of urea groups is 1. The average Bonchev–Trinajstić information content (AvgIpc) is 2.85. The molecular formula is C24H28F3N5O4S. The van der Waals surface area contributed by atoms with Crippen molar-refractivity contribution in [3.63, 3.8) is 0 Å². The smallest absolute Gasteiger partial charge is 0.369 e. The molecule has 3 amide bonds. The zero-order valence-electron chi connectivity index (χ0n) is 20.2. The van der Waals surface area contributed by atoms with E-state index in [4.69, 9.17) is 0 Å². The molecule has 0 saturated carbocycles. The van der Waals surface area contributed by atoms with Gasteiger partial charge in [-0.05, 0) is 61.4 Å². The van der Waals surface area contributed by atoms with E-state index in [0.717, 1.165) is 30.0 Å². The molecule has 13 heteroatoms. The van der Waals surface area contributed by atoms with Gasteiger partial charge in [-0.3, -0.25) is 4.79 Å². The van der Waals surface area contributed by atoms with Gasteiger partial charge in [0.25, 0.3) is 0 Å². The van der Waals surface area contributed by atoms with Crippen molar-refractivity contribution in [2.24, 2.45) is 0 Å². The Hall–Kier alpha value is -3.32. The fourth-order valence-electron chi connectivity index (χ4n) is 4.45. The number of piperazine rings is 1. The predicted octanol–water partition coefficient (Wildman–Crippen LogP) is 3.10. The van der Waals surface area contributed by atoms with Crippen LogP contribution in [0.25, 0.3) is 0 Å². The minimum Gasteiger partial charge on any atom is -0.369 e. The van der Waals surface area contributed by atoms with Crippen molar-refractivity contribution < 1.29 is 31.2 Å². The average molecular weight is 540 g/mol.